The van der Waals surface area contributed by atoms with E-state index in [0.717, 1.165) is 0 Å². The number of hydrogen-bond acceptors (Lipinski definition) is 6. The summed E-state index contributed by atoms with van der Waals surface area (Å²) in [6.07, 6.45) is 1.72. The van der Waals surface area contributed by atoms with Gasteiger partial charge in [0.1, 0.15) is 0 Å². The largest absolute Gasteiger partial charge is 0.493 e. The number of benzene rings is 2. The van der Waals surface area contributed by atoms with Crippen LogP contribution in [0.15, 0.2) is 35.2 Å². The van der Waals surface area contributed by atoms with Crippen LogP contribution in [-0.4, -0.2) is 31.6 Å². The number of thioether (sulfide) groups is 1. The number of ether oxygens (including phenoxy) is 3. The summed E-state index contributed by atoms with van der Waals surface area (Å²) in [7, 11) is 4.59. The highest BCUT2D eigenvalue weighted by molar-refractivity contribution is 8.27. The van der Waals surface area contributed by atoms with Gasteiger partial charge in [0.25, 0.3) is 5.91 Å². The van der Waals surface area contributed by atoms with Gasteiger partial charge in [0.15, 0.2) is 15.8 Å². The molecule has 3 rings (SSSR count). The zero-order valence-corrected chi connectivity index (χ0v) is 18.3. The van der Waals surface area contributed by atoms with Gasteiger partial charge < -0.3 is 14.2 Å². The summed E-state index contributed by atoms with van der Waals surface area (Å²) in [4.78, 5) is 14.8. The van der Waals surface area contributed by atoms with E-state index in [1.165, 1.54) is 38.0 Å². The Morgan fingerprint density at radius 2 is 1.54 bits per heavy atom. The molecule has 5 nitrogen and oxygen atoms in total. The molecule has 0 radical (unpaired) electrons. The zero-order chi connectivity index (χ0) is 20.4. The second-order valence-electron chi connectivity index (χ2n) is 5.60. The highest BCUT2D eigenvalue weighted by Crippen LogP contribution is 2.41. The van der Waals surface area contributed by atoms with Gasteiger partial charge in [-0.15, -0.1) is 0 Å². The van der Waals surface area contributed by atoms with Crippen LogP contribution >= 0.6 is 47.2 Å². The molecule has 1 fully saturated rings. The van der Waals surface area contributed by atoms with Crippen LogP contribution in [0.25, 0.3) is 6.08 Å². The number of halogens is 2. The van der Waals surface area contributed by atoms with Gasteiger partial charge in [-0.2, -0.15) is 0 Å². The molecule has 146 valence electrons. The molecule has 0 saturated carbocycles. The maximum Gasteiger partial charge on any atom is 0.270 e. The Morgan fingerprint density at radius 1 is 0.964 bits per heavy atom. The van der Waals surface area contributed by atoms with E-state index in [9.17, 15) is 4.79 Å². The third-order valence-electron chi connectivity index (χ3n) is 3.88. The van der Waals surface area contributed by atoms with Crippen molar-refractivity contribution in [2.75, 3.05) is 26.2 Å². The normalized spacial score (nSPS) is 15.3. The maximum atomic E-state index is 13.0. The van der Waals surface area contributed by atoms with Crippen molar-refractivity contribution in [3.05, 3.63) is 50.8 Å². The number of anilines is 1. The molecule has 0 unspecified atom stereocenters. The molecular weight excluding hydrogens is 441 g/mol. The topological polar surface area (TPSA) is 48.0 Å². The predicted molar refractivity (Wildman–Crippen MR) is 118 cm³/mol. The summed E-state index contributed by atoms with van der Waals surface area (Å²) in [5, 5.41) is 0.843. The lowest BCUT2D eigenvalue weighted by molar-refractivity contribution is -0.113. The molecule has 0 N–H and O–H groups in total. The van der Waals surface area contributed by atoms with Crippen LogP contribution in [0, 0.1) is 0 Å². The second-order valence-corrected chi connectivity index (χ2v) is 8.15. The van der Waals surface area contributed by atoms with Crippen molar-refractivity contribution in [1.29, 1.82) is 0 Å². The minimum atomic E-state index is -0.262. The fraction of sp³-hybridized carbons (Fsp3) is 0.158. The molecule has 0 aliphatic carbocycles. The van der Waals surface area contributed by atoms with Gasteiger partial charge in [-0.3, -0.25) is 9.69 Å². The fourth-order valence-electron chi connectivity index (χ4n) is 2.69. The third-order valence-corrected chi connectivity index (χ3v) is 5.62. The molecule has 1 aliphatic heterocycles. The molecule has 1 saturated heterocycles. The van der Waals surface area contributed by atoms with Crippen molar-refractivity contribution in [2.24, 2.45) is 0 Å². The highest BCUT2D eigenvalue weighted by atomic mass is 35.5. The van der Waals surface area contributed by atoms with Crippen LogP contribution in [0.4, 0.5) is 5.69 Å². The number of nitrogens with zero attached hydrogens (tertiary/aromatic N) is 1. The molecular formula is C19H15Cl2NO4S2. The SMILES string of the molecule is COc1cc(/C=C2\SC(=S)N(c3cc(Cl)cc(Cl)c3)C2=O)cc(OC)c1OC. The monoisotopic (exact) mass is 455 g/mol. The average Bonchev–Trinajstić information content (AvgIpc) is 2.93. The number of carbonyl (C=O) groups is 1. The van der Waals surface area contributed by atoms with Crippen LogP contribution in [0.5, 0.6) is 17.2 Å². The average molecular weight is 456 g/mol. The van der Waals surface area contributed by atoms with Crippen LogP contribution < -0.4 is 19.1 Å². The Morgan fingerprint density at radius 3 is 2.04 bits per heavy atom. The van der Waals surface area contributed by atoms with Crippen molar-refractivity contribution in [3.63, 3.8) is 0 Å². The summed E-state index contributed by atoms with van der Waals surface area (Å²) < 4.78 is 16.4. The van der Waals surface area contributed by atoms with E-state index in [2.05, 4.69) is 0 Å². The maximum absolute atomic E-state index is 13.0. The first-order valence-corrected chi connectivity index (χ1v) is 9.90. The molecule has 0 spiro atoms. The van der Waals surface area contributed by atoms with Crippen LogP contribution in [-0.2, 0) is 4.79 Å². The Kier molecular flexibility index (Phi) is 6.40. The summed E-state index contributed by atoms with van der Waals surface area (Å²) in [5.74, 6) is 1.20. The Hall–Kier alpha value is -1.93. The van der Waals surface area contributed by atoms with E-state index < -0.39 is 0 Å². The van der Waals surface area contributed by atoms with E-state index in [4.69, 9.17) is 49.6 Å². The molecule has 0 atom stereocenters. The zero-order valence-electron chi connectivity index (χ0n) is 15.1. The molecule has 28 heavy (non-hydrogen) atoms. The summed E-state index contributed by atoms with van der Waals surface area (Å²) >= 11 is 18.7. The molecule has 0 bridgehead atoms. The summed E-state index contributed by atoms with van der Waals surface area (Å²) in [5.41, 5.74) is 1.23. The number of hydrogen-bond donors (Lipinski definition) is 0. The number of amides is 1. The number of methoxy groups -OCH3 is 3. The van der Waals surface area contributed by atoms with Crippen molar-refractivity contribution in [1.82, 2.24) is 0 Å². The lowest BCUT2D eigenvalue weighted by Gasteiger charge is -2.15. The molecule has 2 aromatic carbocycles. The first-order chi connectivity index (χ1) is 13.4. The standard InChI is InChI=1S/C19H15Cl2NO4S2/c1-24-14-4-10(5-15(25-2)17(14)26-3)6-16-18(23)22(19(27)28-16)13-8-11(20)7-12(21)9-13/h4-9H,1-3H3/b16-6-. The van der Waals surface area contributed by atoms with Crippen molar-refractivity contribution < 1.29 is 19.0 Å². The third kappa shape index (κ3) is 4.07. The summed E-state index contributed by atoms with van der Waals surface area (Å²) in [6, 6.07) is 8.38. The van der Waals surface area contributed by atoms with Gasteiger partial charge in [0.05, 0.1) is 31.9 Å². The quantitative estimate of drug-likeness (QED) is 0.442. The molecule has 9 heteroatoms. The predicted octanol–water partition coefficient (Wildman–Crippen LogP) is 5.43. The van der Waals surface area contributed by atoms with Crippen molar-refractivity contribution in [3.8, 4) is 17.2 Å². The first-order valence-electron chi connectivity index (χ1n) is 7.92. The van der Waals surface area contributed by atoms with Crippen LogP contribution in [0.2, 0.25) is 10.0 Å². The van der Waals surface area contributed by atoms with E-state index in [0.29, 0.717) is 47.8 Å². The molecule has 1 amide bonds. The summed E-state index contributed by atoms with van der Waals surface area (Å²) in [6.45, 7) is 0. The first kappa shape index (κ1) is 20.8. The molecule has 1 aliphatic rings. The van der Waals surface area contributed by atoms with E-state index >= 15 is 0 Å². The van der Waals surface area contributed by atoms with Crippen LogP contribution in [0.3, 0.4) is 0 Å². The number of carbonyl (C=O) groups excluding carboxylic acids is 1. The van der Waals surface area contributed by atoms with Crippen molar-refractivity contribution in [2.45, 2.75) is 0 Å². The Labute approximate surface area is 182 Å². The lowest BCUT2D eigenvalue weighted by atomic mass is 10.1. The smallest absolute Gasteiger partial charge is 0.270 e. The molecule has 2 aromatic rings. The van der Waals surface area contributed by atoms with Crippen molar-refractivity contribution >= 4 is 69.2 Å². The van der Waals surface area contributed by atoms with E-state index in [-0.39, 0.29) is 5.91 Å². The van der Waals surface area contributed by atoms with Gasteiger partial charge >= 0.3 is 0 Å². The minimum Gasteiger partial charge on any atom is -0.493 e. The highest BCUT2D eigenvalue weighted by Gasteiger charge is 2.33. The molecule has 1 heterocycles. The Balaban J connectivity index is 2.00. The van der Waals surface area contributed by atoms with E-state index in [1.807, 2.05) is 0 Å². The minimum absolute atomic E-state index is 0.262. The Bertz CT molecular complexity index is 949. The van der Waals surface area contributed by atoms with Gasteiger partial charge in [0.2, 0.25) is 5.75 Å². The number of rotatable bonds is 5. The van der Waals surface area contributed by atoms with Crippen LogP contribution in [0.1, 0.15) is 5.56 Å². The van der Waals surface area contributed by atoms with E-state index in [1.54, 1.807) is 36.4 Å². The lowest BCUT2D eigenvalue weighted by Crippen LogP contribution is -2.27. The second kappa shape index (κ2) is 8.61. The van der Waals surface area contributed by atoms with Gasteiger partial charge in [-0.25, -0.2) is 0 Å². The van der Waals surface area contributed by atoms with Gasteiger partial charge in [-0.05, 0) is 42.0 Å². The van der Waals surface area contributed by atoms with Gasteiger partial charge in [0, 0.05) is 10.0 Å². The molecule has 0 aromatic heterocycles. The fourth-order valence-corrected chi connectivity index (χ4v) is 4.51. The van der Waals surface area contributed by atoms with Gasteiger partial charge in [-0.1, -0.05) is 47.2 Å². The number of thiocarbonyl (C=S) groups is 1.